The molecule has 0 aliphatic carbocycles. The summed E-state index contributed by atoms with van der Waals surface area (Å²) >= 11 is 1.08. The molecule has 3 aromatic rings. The molecule has 148 valence electrons. The number of hydrogen-bond donors (Lipinski definition) is 2. The molecule has 2 N–H and O–H groups in total. The number of anilines is 1. The molecular formula is C18H11F6NO2S. The molecule has 10 heteroatoms. The van der Waals surface area contributed by atoms with Crippen molar-refractivity contribution in [3.63, 3.8) is 0 Å². The minimum Gasteiger partial charge on any atom is -0.479 e. The van der Waals surface area contributed by atoms with Gasteiger partial charge < -0.3 is 10.4 Å². The molecule has 0 bridgehead atoms. The third-order valence-corrected chi connectivity index (χ3v) is 5.06. The number of rotatable bonds is 4. The number of carboxylic acid groups (broad SMARTS) is 1. The van der Waals surface area contributed by atoms with Crippen molar-refractivity contribution in [1.82, 2.24) is 0 Å². The highest BCUT2D eigenvalue weighted by molar-refractivity contribution is 7.19. The van der Waals surface area contributed by atoms with E-state index in [4.69, 9.17) is 0 Å². The normalized spacial score (nSPS) is 13.5. The molecule has 0 aliphatic rings. The van der Waals surface area contributed by atoms with E-state index in [0.29, 0.717) is 12.1 Å². The van der Waals surface area contributed by atoms with Crippen molar-refractivity contribution in [1.29, 1.82) is 0 Å². The van der Waals surface area contributed by atoms with Gasteiger partial charge in [-0.15, -0.1) is 11.3 Å². The molecule has 3 nitrogen and oxygen atoms in total. The van der Waals surface area contributed by atoms with Crippen LogP contribution in [0.3, 0.4) is 0 Å². The van der Waals surface area contributed by atoms with Gasteiger partial charge in [0.2, 0.25) is 0 Å². The number of aliphatic carboxylic acids is 1. The Bertz CT molecular complexity index is 960. The maximum absolute atomic E-state index is 13.0. The van der Waals surface area contributed by atoms with Crippen LogP contribution in [-0.2, 0) is 17.1 Å². The van der Waals surface area contributed by atoms with Crippen LogP contribution in [0, 0.1) is 0 Å². The van der Waals surface area contributed by atoms with Crippen molar-refractivity contribution in [2.24, 2.45) is 0 Å². The van der Waals surface area contributed by atoms with Gasteiger partial charge >= 0.3 is 18.3 Å². The second-order valence-corrected chi connectivity index (χ2v) is 7.01. The number of benzene rings is 2. The maximum Gasteiger partial charge on any atom is 0.416 e. The summed E-state index contributed by atoms with van der Waals surface area (Å²) in [6.45, 7) is 0. The van der Waals surface area contributed by atoms with Crippen LogP contribution in [0.15, 0.2) is 48.5 Å². The van der Waals surface area contributed by atoms with Gasteiger partial charge in [0.15, 0.2) is 6.04 Å². The van der Waals surface area contributed by atoms with Crippen LogP contribution < -0.4 is 5.32 Å². The van der Waals surface area contributed by atoms with Gasteiger partial charge in [-0.2, -0.15) is 26.3 Å². The number of halogens is 6. The zero-order chi connectivity index (χ0) is 20.7. The predicted octanol–water partition coefficient (Wildman–Crippen LogP) is 6.18. The van der Waals surface area contributed by atoms with Crippen molar-refractivity contribution >= 4 is 33.1 Å². The number of hydrogen-bond acceptors (Lipinski definition) is 3. The summed E-state index contributed by atoms with van der Waals surface area (Å²) in [7, 11) is 0. The number of thiophene rings is 1. The van der Waals surface area contributed by atoms with Crippen LogP contribution in [0.4, 0.5) is 32.0 Å². The Morgan fingerprint density at radius 3 is 2.00 bits per heavy atom. The van der Waals surface area contributed by atoms with Gasteiger partial charge in [0.05, 0.1) is 11.1 Å². The molecule has 0 spiro atoms. The summed E-state index contributed by atoms with van der Waals surface area (Å²) in [5.41, 5.74) is -3.64. The second kappa shape index (κ2) is 7.01. The lowest BCUT2D eigenvalue weighted by atomic mass is 10.1. The molecule has 0 aliphatic heterocycles. The monoisotopic (exact) mass is 419 g/mol. The fourth-order valence-corrected chi connectivity index (χ4v) is 3.71. The van der Waals surface area contributed by atoms with E-state index in [1.165, 1.54) is 6.07 Å². The number of carbonyl (C=O) groups is 1. The minimum absolute atomic E-state index is 0.0135. The summed E-state index contributed by atoms with van der Waals surface area (Å²) in [6.07, 6.45) is -10.0. The van der Waals surface area contributed by atoms with Crippen molar-refractivity contribution in [3.05, 3.63) is 64.5 Å². The second-order valence-electron chi connectivity index (χ2n) is 5.90. The summed E-state index contributed by atoms with van der Waals surface area (Å²) in [6, 6.07) is 7.83. The maximum atomic E-state index is 13.0. The standard InChI is InChI=1S/C18H11F6NO2S/c19-17(20,21)10-6-11(18(22,23)24)8-12(7-10)25-15(16(26)27)14-5-9-3-1-2-4-13(9)28-14/h1-8,15,25H,(H,26,27). The number of nitrogens with one attached hydrogen (secondary N) is 1. The lowest BCUT2D eigenvalue weighted by molar-refractivity contribution is -0.143. The van der Waals surface area contributed by atoms with Crippen LogP contribution >= 0.6 is 11.3 Å². The van der Waals surface area contributed by atoms with E-state index < -0.39 is 41.2 Å². The number of alkyl halides is 6. The van der Waals surface area contributed by atoms with Gasteiger partial charge in [0.25, 0.3) is 0 Å². The van der Waals surface area contributed by atoms with Gasteiger partial charge in [-0.05, 0) is 35.7 Å². The van der Waals surface area contributed by atoms with E-state index in [9.17, 15) is 36.2 Å². The molecule has 0 radical (unpaired) electrons. The molecule has 1 unspecified atom stereocenters. The zero-order valence-corrected chi connectivity index (χ0v) is 14.5. The molecule has 1 atom stereocenters. The number of fused-ring (bicyclic) bond motifs is 1. The minimum atomic E-state index is -5.02. The van der Waals surface area contributed by atoms with Crippen LogP contribution in [0.2, 0.25) is 0 Å². The van der Waals surface area contributed by atoms with Crippen LogP contribution in [0.1, 0.15) is 22.0 Å². The van der Waals surface area contributed by atoms with Crippen LogP contribution in [-0.4, -0.2) is 11.1 Å². The van der Waals surface area contributed by atoms with Gasteiger partial charge in [0.1, 0.15) is 0 Å². The third kappa shape index (κ3) is 4.22. The quantitative estimate of drug-likeness (QED) is 0.497. The average molecular weight is 419 g/mol. The highest BCUT2D eigenvalue weighted by atomic mass is 32.1. The molecular weight excluding hydrogens is 408 g/mol. The molecule has 0 amide bonds. The van der Waals surface area contributed by atoms with E-state index in [2.05, 4.69) is 5.32 Å². The van der Waals surface area contributed by atoms with E-state index in [1.54, 1.807) is 24.3 Å². The molecule has 0 saturated heterocycles. The Kier molecular flexibility index (Phi) is 5.00. The van der Waals surface area contributed by atoms with Crippen molar-refractivity contribution in [3.8, 4) is 0 Å². The summed E-state index contributed by atoms with van der Waals surface area (Å²) < 4.78 is 78.7. The smallest absolute Gasteiger partial charge is 0.416 e. The van der Waals surface area contributed by atoms with Gasteiger partial charge in [-0.1, -0.05) is 18.2 Å². The lowest BCUT2D eigenvalue weighted by Crippen LogP contribution is -2.20. The first-order chi connectivity index (χ1) is 12.9. The fraction of sp³-hybridized carbons (Fsp3) is 0.167. The third-order valence-electron chi connectivity index (χ3n) is 3.87. The molecule has 2 aromatic carbocycles. The van der Waals surface area contributed by atoms with E-state index in [1.807, 2.05) is 0 Å². The fourth-order valence-electron chi connectivity index (χ4n) is 2.60. The molecule has 28 heavy (non-hydrogen) atoms. The molecule has 1 aromatic heterocycles. The molecule has 3 rings (SSSR count). The van der Waals surface area contributed by atoms with Crippen molar-refractivity contribution in [2.75, 3.05) is 5.32 Å². The first-order valence-corrected chi connectivity index (χ1v) is 8.54. The first-order valence-electron chi connectivity index (χ1n) is 7.72. The van der Waals surface area contributed by atoms with E-state index in [0.717, 1.165) is 21.4 Å². The van der Waals surface area contributed by atoms with Crippen molar-refractivity contribution in [2.45, 2.75) is 18.4 Å². The summed E-state index contributed by atoms with van der Waals surface area (Å²) in [4.78, 5) is 11.9. The Hall–Kier alpha value is -2.75. The van der Waals surface area contributed by atoms with Gasteiger partial charge in [-0.3, -0.25) is 0 Å². The Balaban J connectivity index is 2.04. The largest absolute Gasteiger partial charge is 0.479 e. The zero-order valence-electron chi connectivity index (χ0n) is 13.7. The SMILES string of the molecule is O=C(O)C(Nc1cc(C(F)(F)F)cc(C(F)(F)F)c1)c1cc2ccccc2s1. The first kappa shape index (κ1) is 20.0. The van der Waals surface area contributed by atoms with Gasteiger partial charge in [-0.25, -0.2) is 4.79 Å². The molecule has 0 fully saturated rings. The van der Waals surface area contributed by atoms with Gasteiger partial charge in [0, 0.05) is 15.3 Å². The summed E-state index contributed by atoms with van der Waals surface area (Å²) in [5.74, 6) is -1.43. The van der Waals surface area contributed by atoms with Crippen molar-refractivity contribution < 1.29 is 36.2 Å². The van der Waals surface area contributed by atoms with E-state index >= 15 is 0 Å². The lowest BCUT2D eigenvalue weighted by Gasteiger charge is -2.18. The average Bonchev–Trinajstić information content (AvgIpc) is 3.01. The highest BCUT2D eigenvalue weighted by Crippen LogP contribution is 2.39. The molecule has 0 saturated carbocycles. The van der Waals surface area contributed by atoms with Crippen LogP contribution in [0.5, 0.6) is 0 Å². The highest BCUT2D eigenvalue weighted by Gasteiger charge is 2.37. The van der Waals surface area contributed by atoms with E-state index in [-0.39, 0.29) is 10.9 Å². The Morgan fingerprint density at radius 1 is 0.929 bits per heavy atom. The predicted molar refractivity (Wildman–Crippen MR) is 92.3 cm³/mol. The number of carboxylic acids is 1. The van der Waals surface area contributed by atoms with Crippen LogP contribution in [0.25, 0.3) is 10.1 Å². The molecule has 1 heterocycles. The summed E-state index contributed by atoms with van der Waals surface area (Å²) in [5, 5.41) is 12.5. The Labute approximate surface area is 158 Å². The Morgan fingerprint density at radius 2 is 1.50 bits per heavy atom. The topological polar surface area (TPSA) is 49.3 Å².